The molecule has 0 fully saturated rings. The molecule has 5 heteroatoms. The van der Waals surface area contributed by atoms with E-state index in [4.69, 9.17) is 0 Å². The van der Waals surface area contributed by atoms with Crippen molar-refractivity contribution in [1.82, 2.24) is 10.2 Å². The molecule has 0 radical (unpaired) electrons. The number of anilines is 1. The molecule has 0 aliphatic rings. The molecule has 0 aliphatic heterocycles. The predicted molar refractivity (Wildman–Crippen MR) is 108 cm³/mol. The third kappa shape index (κ3) is 6.18. The molecule has 2 aromatic rings. The Bertz CT molecular complexity index is 683. The van der Waals surface area contributed by atoms with Crippen LogP contribution in [0.1, 0.15) is 24.1 Å². The minimum Gasteiger partial charge on any atom is -0.378 e. The molecule has 0 saturated heterocycles. The highest BCUT2D eigenvalue weighted by molar-refractivity contribution is 9.10. The molecule has 1 amide bonds. The van der Waals surface area contributed by atoms with Gasteiger partial charge in [-0.3, -0.25) is 9.69 Å². The minimum atomic E-state index is -0.00613. The lowest BCUT2D eigenvalue weighted by molar-refractivity contribution is -0.122. The number of nitrogens with one attached hydrogen (secondary N) is 1. The van der Waals surface area contributed by atoms with Crippen LogP contribution >= 0.6 is 15.9 Å². The molecular weight excluding hydrogens is 378 g/mol. The summed E-state index contributed by atoms with van der Waals surface area (Å²) in [7, 11) is 6.01. The fraction of sp³-hybridized carbons (Fsp3) is 0.350. The molecule has 2 rings (SSSR count). The quantitative estimate of drug-likeness (QED) is 0.762. The number of halogens is 1. The number of amides is 1. The molecule has 1 atom stereocenters. The second kappa shape index (κ2) is 9.02. The van der Waals surface area contributed by atoms with Crippen LogP contribution in [0.3, 0.4) is 0 Å². The number of nitrogens with zero attached hydrogens (tertiary/aromatic N) is 2. The summed E-state index contributed by atoms with van der Waals surface area (Å²) in [5, 5.41) is 3.05. The summed E-state index contributed by atoms with van der Waals surface area (Å²) in [6, 6.07) is 16.4. The Labute approximate surface area is 159 Å². The van der Waals surface area contributed by atoms with E-state index in [-0.39, 0.29) is 11.9 Å². The van der Waals surface area contributed by atoms with E-state index in [0.717, 1.165) is 16.6 Å². The smallest absolute Gasteiger partial charge is 0.234 e. The summed E-state index contributed by atoms with van der Waals surface area (Å²) in [6.07, 6.45) is 0. The van der Waals surface area contributed by atoms with Gasteiger partial charge in [-0.05, 0) is 49.4 Å². The lowest BCUT2D eigenvalue weighted by Crippen LogP contribution is -2.36. The average molecular weight is 404 g/mol. The first-order valence-electron chi connectivity index (χ1n) is 8.35. The zero-order valence-electron chi connectivity index (χ0n) is 15.3. The number of carbonyl (C=O) groups is 1. The van der Waals surface area contributed by atoms with Crippen LogP contribution in [0, 0.1) is 0 Å². The van der Waals surface area contributed by atoms with Crippen molar-refractivity contribution in [3.8, 4) is 0 Å². The first-order valence-corrected chi connectivity index (χ1v) is 9.14. The highest BCUT2D eigenvalue weighted by atomic mass is 79.9. The van der Waals surface area contributed by atoms with Crippen molar-refractivity contribution >= 4 is 27.5 Å². The highest BCUT2D eigenvalue weighted by Gasteiger charge is 2.12. The third-order valence-corrected chi connectivity index (χ3v) is 4.59. The minimum absolute atomic E-state index is 0.00613. The van der Waals surface area contributed by atoms with Crippen LogP contribution in [0.25, 0.3) is 0 Å². The van der Waals surface area contributed by atoms with Gasteiger partial charge in [0.25, 0.3) is 0 Å². The number of hydrogen-bond donors (Lipinski definition) is 1. The first-order chi connectivity index (χ1) is 11.8. The molecule has 0 unspecified atom stereocenters. The van der Waals surface area contributed by atoms with E-state index in [9.17, 15) is 4.79 Å². The Morgan fingerprint density at radius 2 is 1.64 bits per heavy atom. The van der Waals surface area contributed by atoms with Crippen LogP contribution in [0.4, 0.5) is 5.69 Å². The average Bonchev–Trinajstić information content (AvgIpc) is 2.55. The molecule has 134 valence electrons. The summed E-state index contributed by atoms with van der Waals surface area (Å²) < 4.78 is 1.04. The molecule has 4 nitrogen and oxygen atoms in total. The van der Waals surface area contributed by atoms with E-state index in [2.05, 4.69) is 50.4 Å². The number of hydrogen-bond acceptors (Lipinski definition) is 3. The molecule has 0 aliphatic carbocycles. The molecular formula is C20H26BrN3O. The normalized spacial score (nSPS) is 12.1. The van der Waals surface area contributed by atoms with E-state index < -0.39 is 0 Å². The predicted octanol–water partition coefficient (Wildman–Crippen LogP) is 3.82. The van der Waals surface area contributed by atoms with E-state index in [0.29, 0.717) is 6.54 Å². The van der Waals surface area contributed by atoms with Crippen molar-refractivity contribution in [2.75, 3.05) is 32.6 Å². The van der Waals surface area contributed by atoms with Crippen molar-refractivity contribution in [3.63, 3.8) is 0 Å². The summed E-state index contributed by atoms with van der Waals surface area (Å²) >= 11 is 3.43. The van der Waals surface area contributed by atoms with Gasteiger partial charge >= 0.3 is 0 Å². The number of rotatable bonds is 7. The van der Waals surface area contributed by atoms with Crippen molar-refractivity contribution in [2.45, 2.75) is 19.5 Å². The Morgan fingerprint density at radius 1 is 1.04 bits per heavy atom. The van der Waals surface area contributed by atoms with Crippen LogP contribution < -0.4 is 10.2 Å². The molecule has 2 aromatic carbocycles. The molecule has 0 spiro atoms. The fourth-order valence-electron chi connectivity index (χ4n) is 2.63. The van der Waals surface area contributed by atoms with Gasteiger partial charge < -0.3 is 10.2 Å². The number of benzene rings is 2. The van der Waals surface area contributed by atoms with Gasteiger partial charge in [0.15, 0.2) is 0 Å². The highest BCUT2D eigenvalue weighted by Crippen LogP contribution is 2.16. The lowest BCUT2D eigenvalue weighted by Gasteiger charge is -2.20. The monoisotopic (exact) mass is 403 g/mol. The largest absolute Gasteiger partial charge is 0.378 e. The number of likely N-dealkylation sites (N-methyl/N-ethyl adjacent to an activating group) is 1. The Balaban J connectivity index is 1.83. The van der Waals surface area contributed by atoms with Crippen LogP contribution in [-0.4, -0.2) is 38.5 Å². The second-order valence-corrected chi connectivity index (χ2v) is 7.49. The van der Waals surface area contributed by atoms with Gasteiger partial charge in [0.05, 0.1) is 12.6 Å². The van der Waals surface area contributed by atoms with E-state index in [1.54, 1.807) is 0 Å². The molecule has 0 saturated carbocycles. The Hall–Kier alpha value is -1.85. The summed E-state index contributed by atoms with van der Waals surface area (Å²) in [6.45, 7) is 3.12. The van der Waals surface area contributed by atoms with Crippen molar-refractivity contribution < 1.29 is 4.79 Å². The molecule has 0 aromatic heterocycles. The summed E-state index contributed by atoms with van der Waals surface area (Å²) in [4.78, 5) is 16.4. The van der Waals surface area contributed by atoms with Gasteiger partial charge in [0, 0.05) is 30.8 Å². The van der Waals surface area contributed by atoms with Crippen LogP contribution in [0.2, 0.25) is 0 Å². The van der Waals surface area contributed by atoms with Crippen LogP contribution in [0.5, 0.6) is 0 Å². The van der Waals surface area contributed by atoms with E-state index in [1.807, 2.05) is 57.2 Å². The number of carbonyl (C=O) groups excluding carboxylic acids is 1. The maximum Gasteiger partial charge on any atom is 0.234 e. The van der Waals surface area contributed by atoms with Crippen LogP contribution in [0.15, 0.2) is 53.0 Å². The van der Waals surface area contributed by atoms with Gasteiger partial charge in [0.2, 0.25) is 5.91 Å². The first kappa shape index (κ1) is 19.5. The Morgan fingerprint density at radius 3 is 2.20 bits per heavy atom. The van der Waals surface area contributed by atoms with E-state index in [1.165, 1.54) is 11.3 Å². The van der Waals surface area contributed by atoms with Gasteiger partial charge in [0.1, 0.15) is 0 Å². The van der Waals surface area contributed by atoms with Crippen molar-refractivity contribution in [3.05, 3.63) is 64.1 Å². The van der Waals surface area contributed by atoms with Gasteiger partial charge in [-0.2, -0.15) is 0 Å². The molecule has 0 bridgehead atoms. The molecule has 25 heavy (non-hydrogen) atoms. The van der Waals surface area contributed by atoms with Crippen molar-refractivity contribution in [1.29, 1.82) is 0 Å². The maximum absolute atomic E-state index is 12.3. The summed E-state index contributed by atoms with van der Waals surface area (Å²) in [5.74, 6) is 0.0304. The standard InChI is InChI=1S/C20H26BrN3O/c1-15(17-7-9-18(21)10-8-17)22-20(25)14-24(4)13-16-5-11-19(12-6-16)23(2)3/h5-12,15H,13-14H2,1-4H3,(H,22,25)/t15-/m1/s1. The zero-order chi connectivity index (χ0) is 18.4. The third-order valence-electron chi connectivity index (χ3n) is 4.07. The SMILES string of the molecule is C[C@@H](NC(=O)CN(C)Cc1ccc(N(C)C)cc1)c1ccc(Br)cc1. The van der Waals surface area contributed by atoms with Crippen LogP contribution in [-0.2, 0) is 11.3 Å². The topological polar surface area (TPSA) is 35.6 Å². The summed E-state index contributed by atoms with van der Waals surface area (Å²) in [5.41, 5.74) is 3.47. The molecule has 1 N–H and O–H groups in total. The maximum atomic E-state index is 12.3. The Kier molecular flexibility index (Phi) is 7.02. The van der Waals surface area contributed by atoms with Gasteiger partial charge in [-0.15, -0.1) is 0 Å². The van der Waals surface area contributed by atoms with Gasteiger partial charge in [-0.25, -0.2) is 0 Å². The lowest BCUT2D eigenvalue weighted by atomic mass is 10.1. The van der Waals surface area contributed by atoms with Gasteiger partial charge in [-0.1, -0.05) is 40.2 Å². The zero-order valence-corrected chi connectivity index (χ0v) is 16.9. The molecule has 0 heterocycles. The van der Waals surface area contributed by atoms with E-state index >= 15 is 0 Å². The fourth-order valence-corrected chi connectivity index (χ4v) is 2.90. The second-order valence-electron chi connectivity index (χ2n) is 6.57. The van der Waals surface area contributed by atoms with Crippen molar-refractivity contribution in [2.24, 2.45) is 0 Å².